The first-order valence-corrected chi connectivity index (χ1v) is 6.87. The van der Waals surface area contributed by atoms with Gasteiger partial charge in [0.05, 0.1) is 16.8 Å². The predicted octanol–water partition coefficient (Wildman–Crippen LogP) is 3.02. The molecule has 0 fully saturated rings. The second kappa shape index (κ2) is 3.29. The molecule has 0 radical (unpaired) electrons. The van der Waals surface area contributed by atoms with Gasteiger partial charge in [-0.25, -0.2) is 4.41 Å². The van der Waals surface area contributed by atoms with Crippen LogP contribution in [0.3, 0.4) is 0 Å². The molecule has 0 aliphatic carbocycles. The summed E-state index contributed by atoms with van der Waals surface area (Å²) in [7, 11) is 1.90. The normalized spacial score (nSPS) is 23.3. The van der Waals surface area contributed by atoms with E-state index in [1.807, 2.05) is 35.2 Å². The molecule has 1 aromatic rings. The largest absolute Gasteiger partial charge is 0.203 e. The zero-order chi connectivity index (χ0) is 9.38. The molecule has 4 heteroatoms. The summed E-state index contributed by atoms with van der Waals surface area (Å²) < 4.78 is 2.08. The van der Waals surface area contributed by atoms with Gasteiger partial charge in [0.2, 0.25) is 0 Å². The van der Waals surface area contributed by atoms with Crippen molar-refractivity contribution in [1.82, 2.24) is 0 Å². The molecular formula is C10H8N2S2. The van der Waals surface area contributed by atoms with Gasteiger partial charge in [-0.1, -0.05) is 18.2 Å². The van der Waals surface area contributed by atoms with Crippen molar-refractivity contribution < 1.29 is 0 Å². The lowest BCUT2D eigenvalue weighted by Crippen LogP contribution is -2.02. The number of hydrazone groups is 1. The molecule has 1 unspecified atom stereocenters. The molecule has 0 saturated carbocycles. The molecule has 2 nitrogen and oxygen atoms in total. The van der Waals surface area contributed by atoms with Crippen molar-refractivity contribution in [3.63, 3.8) is 0 Å². The number of allylic oxidation sites excluding steroid dienone is 1. The molecule has 1 atom stereocenters. The molecule has 14 heavy (non-hydrogen) atoms. The van der Waals surface area contributed by atoms with E-state index in [1.54, 1.807) is 0 Å². The Hall–Kier alpha value is -1.00. The van der Waals surface area contributed by atoms with Crippen LogP contribution in [0.5, 0.6) is 0 Å². The van der Waals surface area contributed by atoms with Gasteiger partial charge >= 0.3 is 0 Å². The van der Waals surface area contributed by atoms with E-state index in [2.05, 4.69) is 33.1 Å². The fourth-order valence-corrected chi connectivity index (χ4v) is 4.64. The molecule has 2 aliphatic rings. The van der Waals surface area contributed by atoms with Gasteiger partial charge in [0.1, 0.15) is 0 Å². The van der Waals surface area contributed by atoms with Crippen LogP contribution in [0.4, 0.5) is 5.69 Å². The molecule has 0 bridgehead atoms. The van der Waals surface area contributed by atoms with Crippen molar-refractivity contribution in [3.05, 3.63) is 41.8 Å². The maximum atomic E-state index is 4.40. The van der Waals surface area contributed by atoms with Crippen LogP contribution in [0, 0.1) is 0 Å². The third kappa shape index (κ3) is 1.22. The lowest BCUT2D eigenvalue weighted by molar-refractivity contribution is 1.23. The molecule has 0 spiro atoms. The Balaban J connectivity index is 2.00. The van der Waals surface area contributed by atoms with Gasteiger partial charge in [0.25, 0.3) is 0 Å². The van der Waals surface area contributed by atoms with Gasteiger partial charge in [-0.3, -0.25) is 0 Å². The Morgan fingerprint density at radius 1 is 1.21 bits per heavy atom. The maximum absolute atomic E-state index is 4.40. The molecule has 0 aromatic heterocycles. The van der Waals surface area contributed by atoms with Crippen LogP contribution in [0.25, 0.3) is 0 Å². The highest BCUT2D eigenvalue weighted by atomic mass is 33.1. The fraction of sp³-hybridized carbons (Fsp3) is 0. The molecule has 2 aliphatic heterocycles. The second-order valence-corrected chi connectivity index (χ2v) is 6.21. The Morgan fingerprint density at radius 2 is 2.07 bits per heavy atom. The van der Waals surface area contributed by atoms with E-state index in [1.165, 1.54) is 10.6 Å². The van der Waals surface area contributed by atoms with Crippen LogP contribution in [0.2, 0.25) is 0 Å². The second-order valence-electron chi connectivity index (χ2n) is 2.90. The van der Waals surface area contributed by atoms with E-state index in [4.69, 9.17) is 0 Å². The SMILES string of the molecule is C1=CC2=S(S1)N(c1ccccc1)N=C2. The van der Waals surface area contributed by atoms with E-state index >= 15 is 0 Å². The van der Waals surface area contributed by atoms with Gasteiger partial charge in [-0.05, 0) is 34.4 Å². The topological polar surface area (TPSA) is 15.6 Å². The van der Waals surface area contributed by atoms with Crippen molar-refractivity contribution in [3.8, 4) is 0 Å². The van der Waals surface area contributed by atoms with Crippen LogP contribution in [-0.2, 0) is 0 Å². The minimum Gasteiger partial charge on any atom is -0.203 e. The number of anilines is 1. The Labute approximate surface area is 88.8 Å². The van der Waals surface area contributed by atoms with Gasteiger partial charge in [0.15, 0.2) is 0 Å². The Morgan fingerprint density at radius 3 is 2.93 bits per heavy atom. The van der Waals surface area contributed by atoms with Crippen molar-refractivity contribution >= 4 is 37.3 Å². The lowest BCUT2D eigenvalue weighted by Gasteiger charge is -2.16. The average Bonchev–Trinajstić information content (AvgIpc) is 2.79. The third-order valence-corrected chi connectivity index (χ3v) is 5.58. The minimum absolute atomic E-state index is 0.0767. The molecule has 0 amide bonds. The summed E-state index contributed by atoms with van der Waals surface area (Å²) in [6, 6.07) is 10.3. The number of hydrogen-bond donors (Lipinski definition) is 0. The number of hydrogen-bond acceptors (Lipinski definition) is 3. The first kappa shape index (κ1) is 8.32. The maximum Gasteiger partial charge on any atom is 0.0726 e. The van der Waals surface area contributed by atoms with Crippen molar-refractivity contribution in [1.29, 1.82) is 0 Å². The third-order valence-electron chi connectivity index (χ3n) is 2.00. The van der Waals surface area contributed by atoms with E-state index in [0.717, 1.165) is 0 Å². The van der Waals surface area contributed by atoms with E-state index in [9.17, 15) is 0 Å². The number of nitrogens with zero attached hydrogens (tertiary/aromatic N) is 2. The predicted molar refractivity (Wildman–Crippen MR) is 66.7 cm³/mol. The first-order valence-electron chi connectivity index (χ1n) is 4.29. The molecule has 1 aromatic carbocycles. The van der Waals surface area contributed by atoms with Crippen LogP contribution in [-0.4, -0.2) is 11.1 Å². The van der Waals surface area contributed by atoms with E-state index in [-0.39, 0.29) is 9.70 Å². The molecule has 70 valence electrons. The van der Waals surface area contributed by atoms with Crippen LogP contribution in [0.15, 0.2) is 46.9 Å². The summed E-state index contributed by atoms with van der Waals surface area (Å²) in [5.41, 5.74) is 1.17. The molecule has 2 heterocycles. The standard InChI is InChI=1S/C10H8N2S2/c1-2-4-9(5-3-1)12-11-8-10-6-7-13-14(10)12/h1-8H. The molecule has 0 saturated heterocycles. The van der Waals surface area contributed by atoms with Gasteiger partial charge in [-0.15, -0.1) is 0 Å². The Bertz CT molecular complexity index is 448. The Kier molecular flexibility index (Phi) is 1.96. The highest BCUT2D eigenvalue weighted by Gasteiger charge is 2.20. The zero-order valence-electron chi connectivity index (χ0n) is 7.33. The zero-order valence-corrected chi connectivity index (χ0v) is 8.96. The highest BCUT2D eigenvalue weighted by molar-refractivity contribution is 8.86. The molecule has 0 N–H and O–H groups in total. The summed E-state index contributed by atoms with van der Waals surface area (Å²) >= 11 is 0. The summed E-state index contributed by atoms with van der Waals surface area (Å²) in [5, 5.41) is 6.54. The fourth-order valence-electron chi connectivity index (χ4n) is 1.36. The quantitative estimate of drug-likeness (QED) is 0.534. The van der Waals surface area contributed by atoms with Crippen molar-refractivity contribution in [2.75, 3.05) is 4.41 Å². The first-order chi connectivity index (χ1) is 6.95. The molecule has 3 rings (SSSR count). The highest BCUT2D eigenvalue weighted by Crippen LogP contribution is 2.46. The minimum atomic E-state index is 0.0767. The number of benzene rings is 1. The van der Waals surface area contributed by atoms with Crippen LogP contribution >= 0.6 is 20.5 Å². The van der Waals surface area contributed by atoms with Crippen molar-refractivity contribution in [2.45, 2.75) is 0 Å². The molecular weight excluding hydrogens is 212 g/mol. The van der Waals surface area contributed by atoms with Gasteiger partial charge in [0, 0.05) is 9.70 Å². The number of rotatable bonds is 1. The van der Waals surface area contributed by atoms with Crippen LogP contribution < -0.4 is 4.41 Å². The summed E-state index contributed by atoms with van der Waals surface area (Å²) in [4.78, 5) is 1.32. The van der Waals surface area contributed by atoms with E-state index < -0.39 is 0 Å². The van der Waals surface area contributed by atoms with Gasteiger partial charge in [-0.2, -0.15) is 5.10 Å². The monoisotopic (exact) mass is 220 g/mol. The smallest absolute Gasteiger partial charge is 0.0726 e. The van der Waals surface area contributed by atoms with Gasteiger partial charge < -0.3 is 0 Å². The van der Waals surface area contributed by atoms with Crippen LogP contribution in [0.1, 0.15) is 0 Å². The van der Waals surface area contributed by atoms with Crippen molar-refractivity contribution in [2.24, 2.45) is 5.10 Å². The summed E-state index contributed by atoms with van der Waals surface area (Å²) in [6.45, 7) is 0. The summed E-state index contributed by atoms with van der Waals surface area (Å²) in [5.74, 6) is 0. The lowest BCUT2D eigenvalue weighted by atomic mass is 10.3. The summed E-state index contributed by atoms with van der Waals surface area (Å²) in [6.07, 6.45) is 4.09. The number of para-hydroxylation sites is 1. The van der Waals surface area contributed by atoms with E-state index in [0.29, 0.717) is 0 Å². The average molecular weight is 220 g/mol.